The number of carbonyl (C=O) groups is 2. The minimum Gasteiger partial charge on any atom is -0.481 e. The molecule has 2 unspecified atom stereocenters. The van der Waals surface area contributed by atoms with Crippen LogP contribution in [0.2, 0.25) is 0 Å². The van der Waals surface area contributed by atoms with Crippen molar-refractivity contribution in [3.63, 3.8) is 0 Å². The third-order valence-electron chi connectivity index (χ3n) is 3.78. The van der Waals surface area contributed by atoms with E-state index in [0.29, 0.717) is 12.5 Å². The summed E-state index contributed by atoms with van der Waals surface area (Å²) >= 11 is 0. The van der Waals surface area contributed by atoms with Crippen molar-refractivity contribution in [1.82, 2.24) is 4.90 Å². The molecule has 0 heterocycles. The van der Waals surface area contributed by atoms with Gasteiger partial charge in [0.05, 0.1) is 11.8 Å². The Hall–Kier alpha value is -1.06. The molecule has 0 aromatic rings. The van der Waals surface area contributed by atoms with E-state index in [-0.39, 0.29) is 11.8 Å². The van der Waals surface area contributed by atoms with E-state index in [1.807, 2.05) is 13.8 Å². The standard InChI is InChI=1S/C13H23NO3/c1-8(2)6-7-14(5)11(15)9-10(12(16)17)13(9,3)4/h8-10H,6-7H2,1-5H3,(H,16,17). The molecule has 1 fully saturated rings. The van der Waals surface area contributed by atoms with Gasteiger partial charge in [-0.05, 0) is 17.8 Å². The van der Waals surface area contributed by atoms with E-state index in [1.54, 1.807) is 11.9 Å². The van der Waals surface area contributed by atoms with Crippen LogP contribution in [0.3, 0.4) is 0 Å². The first kappa shape index (κ1) is 14.0. The number of rotatable bonds is 5. The quantitative estimate of drug-likeness (QED) is 0.799. The predicted molar refractivity (Wildman–Crippen MR) is 65.5 cm³/mol. The van der Waals surface area contributed by atoms with E-state index < -0.39 is 17.3 Å². The zero-order valence-electron chi connectivity index (χ0n) is 11.4. The van der Waals surface area contributed by atoms with E-state index in [4.69, 9.17) is 5.11 Å². The lowest BCUT2D eigenvalue weighted by Gasteiger charge is -2.19. The van der Waals surface area contributed by atoms with Crippen molar-refractivity contribution in [3.05, 3.63) is 0 Å². The summed E-state index contributed by atoms with van der Waals surface area (Å²) in [5, 5.41) is 9.04. The number of hydrogen-bond donors (Lipinski definition) is 1. The molecule has 0 aliphatic heterocycles. The van der Waals surface area contributed by atoms with Gasteiger partial charge in [0.2, 0.25) is 5.91 Å². The highest BCUT2D eigenvalue weighted by molar-refractivity contribution is 5.91. The molecule has 4 heteroatoms. The summed E-state index contributed by atoms with van der Waals surface area (Å²) in [5.41, 5.74) is -0.394. The molecule has 1 aliphatic carbocycles. The van der Waals surface area contributed by atoms with Crippen molar-refractivity contribution >= 4 is 11.9 Å². The van der Waals surface area contributed by atoms with Gasteiger partial charge < -0.3 is 10.0 Å². The fraction of sp³-hybridized carbons (Fsp3) is 0.846. The highest BCUT2D eigenvalue weighted by Gasteiger charge is 2.66. The first-order valence-corrected chi connectivity index (χ1v) is 6.17. The highest BCUT2D eigenvalue weighted by Crippen LogP contribution is 2.58. The highest BCUT2D eigenvalue weighted by atomic mass is 16.4. The molecule has 1 saturated carbocycles. The van der Waals surface area contributed by atoms with E-state index in [2.05, 4.69) is 13.8 Å². The first-order chi connectivity index (χ1) is 7.69. The minimum absolute atomic E-state index is 0.0250. The SMILES string of the molecule is CC(C)CCN(C)C(=O)C1C(C(=O)O)C1(C)C. The fourth-order valence-electron chi connectivity index (χ4n) is 2.36. The number of aliphatic carboxylic acids is 1. The van der Waals surface area contributed by atoms with E-state index in [1.165, 1.54) is 0 Å². The molecule has 0 aromatic carbocycles. The smallest absolute Gasteiger partial charge is 0.307 e. The van der Waals surface area contributed by atoms with Gasteiger partial charge in [0.15, 0.2) is 0 Å². The van der Waals surface area contributed by atoms with Crippen LogP contribution < -0.4 is 0 Å². The average Bonchev–Trinajstić information content (AvgIpc) is 2.76. The molecule has 1 rings (SSSR count). The van der Waals surface area contributed by atoms with Crippen LogP contribution in [0.15, 0.2) is 0 Å². The van der Waals surface area contributed by atoms with Gasteiger partial charge in [-0.2, -0.15) is 0 Å². The topological polar surface area (TPSA) is 57.6 Å². The molecule has 0 radical (unpaired) electrons. The van der Waals surface area contributed by atoms with Crippen LogP contribution in [0.5, 0.6) is 0 Å². The Balaban J connectivity index is 2.57. The average molecular weight is 241 g/mol. The van der Waals surface area contributed by atoms with Crippen molar-refractivity contribution in [2.75, 3.05) is 13.6 Å². The van der Waals surface area contributed by atoms with Gasteiger partial charge in [-0.1, -0.05) is 27.7 Å². The van der Waals surface area contributed by atoms with Gasteiger partial charge in [0.25, 0.3) is 0 Å². The molecule has 4 nitrogen and oxygen atoms in total. The molecule has 1 amide bonds. The summed E-state index contributed by atoms with van der Waals surface area (Å²) in [6, 6.07) is 0. The Morgan fingerprint density at radius 2 is 1.82 bits per heavy atom. The van der Waals surface area contributed by atoms with Gasteiger partial charge in [-0.25, -0.2) is 0 Å². The molecule has 0 aromatic heterocycles. The van der Waals surface area contributed by atoms with Gasteiger partial charge in [0, 0.05) is 13.6 Å². The third kappa shape index (κ3) is 2.79. The van der Waals surface area contributed by atoms with Crippen molar-refractivity contribution in [2.24, 2.45) is 23.2 Å². The Bertz CT molecular complexity index is 323. The van der Waals surface area contributed by atoms with Crippen LogP contribution in [0.1, 0.15) is 34.1 Å². The van der Waals surface area contributed by atoms with Crippen molar-refractivity contribution < 1.29 is 14.7 Å². The molecule has 0 bridgehead atoms. The van der Waals surface area contributed by atoms with Crippen LogP contribution in [0, 0.1) is 23.2 Å². The summed E-state index contributed by atoms with van der Waals surface area (Å²) in [4.78, 5) is 24.8. The molecule has 98 valence electrons. The largest absolute Gasteiger partial charge is 0.481 e. The molecule has 2 atom stereocenters. The Kier molecular flexibility index (Phi) is 3.84. The zero-order valence-corrected chi connectivity index (χ0v) is 11.4. The van der Waals surface area contributed by atoms with Gasteiger partial charge in [0.1, 0.15) is 0 Å². The van der Waals surface area contributed by atoms with Crippen molar-refractivity contribution in [2.45, 2.75) is 34.1 Å². The summed E-state index contributed by atoms with van der Waals surface area (Å²) in [6.07, 6.45) is 0.952. The van der Waals surface area contributed by atoms with Gasteiger partial charge in [-0.3, -0.25) is 9.59 Å². The summed E-state index contributed by atoms with van der Waals surface area (Å²) in [6.45, 7) is 8.63. The van der Waals surface area contributed by atoms with Crippen LogP contribution in [-0.2, 0) is 9.59 Å². The second-order valence-electron chi connectivity index (χ2n) is 6.06. The molecular weight excluding hydrogens is 218 g/mol. The third-order valence-corrected chi connectivity index (χ3v) is 3.78. The summed E-state index contributed by atoms with van der Waals surface area (Å²) in [5.74, 6) is -1.20. The monoisotopic (exact) mass is 241 g/mol. The fourth-order valence-corrected chi connectivity index (χ4v) is 2.36. The first-order valence-electron chi connectivity index (χ1n) is 6.17. The number of hydrogen-bond acceptors (Lipinski definition) is 2. The normalized spacial score (nSPS) is 25.8. The van der Waals surface area contributed by atoms with Crippen LogP contribution in [0.4, 0.5) is 0 Å². The van der Waals surface area contributed by atoms with Crippen molar-refractivity contribution in [1.29, 1.82) is 0 Å². The number of amides is 1. The van der Waals surface area contributed by atoms with Crippen LogP contribution >= 0.6 is 0 Å². The maximum absolute atomic E-state index is 12.1. The maximum atomic E-state index is 12.1. The van der Waals surface area contributed by atoms with E-state index in [0.717, 1.165) is 6.42 Å². The van der Waals surface area contributed by atoms with E-state index in [9.17, 15) is 9.59 Å². The molecule has 1 N–H and O–H groups in total. The van der Waals surface area contributed by atoms with Gasteiger partial charge in [-0.15, -0.1) is 0 Å². The van der Waals surface area contributed by atoms with Gasteiger partial charge >= 0.3 is 5.97 Å². The van der Waals surface area contributed by atoms with Crippen LogP contribution in [-0.4, -0.2) is 35.5 Å². The number of carboxylic acids is 1. The lowest BCUT2D eigenvalue weighted by atomic mass is 10.1. The number of carboxylic acid groups (broad SMARTS) is 1. The Morgan fingerprint density at radius 1 is 1.29 bits per heavy atom. The molecule has 0 saturated heterocycles. The molecular formula is C13H23NO3. The Labute approximate surface area is 103 Å². The number of carbonyl (C=O) groups excluding carboxylic acids is 1. The summed E-state index contributed by atoms with van der Waals surface area (Å²) < 4.78 is 0. The van der Waals surface area contributed by atoms with Crippen molar-refractivity contribution in [3.8, 4) is 0 Å². The lowest BCUT2D eigenvalue weighted by molar-refractivity contribution is -0.141. The second kappa shape index (κ2) is 4.67. The second-order valence-corrected chi connectivity index (χ2v) is 6.06. The Morgan fingerprint density at radius 3 is 2.18 bits per heavy atom. The van der Waals surface area contributed by atoms with E-state index >= 15 is 0 Å². The van der Waals surface area contributed by atoms with Crippen LogP contribution in [0.25, 0.3) is 0 Å². The lowest BCUT2D eigenvalue weighted by Crippen LogP contribution is -2.31. The molecule has 0 spiro atoms. The minimum atomic E-state index is -0.856. The predicted octanol–water partition coefficient (Wildman–Crippen LogP) is 1.85. The summed E-state index contributed by atoms with van der Waals surface area (Å²) in [7, 11) is 1.76. The number of nitrogens with zero attached hydrogens (tertiary/aromatic N) is 1. The molecule has 17 heavy (non-hydrogen) atoms. The zero-order chi connectivity index (χ0) is 13.4. The maximum Gasteiger partial charge on any atom is 0.307 e. The molecule has 1 aliphatic rings.